The average Bonchev–Trinajstić information content (AvgIpc) is 3.67. The maximum absolute atomic E-state index is 10.6. The first-order chi connectivity index (χ1) is 17.7. The highest BCUT2D eigenvalue weighted by atomic mass is 19.4. The molecule has 2 saturated heterocycles. The van der Waals surface area contributed by atoms with Crippen molar-refractivity contribution in [1.82, 2.24) is 9.88 Å². The van der Waals surface area contributed by atoms with Crippen LogP contribution in [-0.2, 0) is 25.6 Å². The van der Waals surface area contributed by atoms with Crippen LogP contribution >= 0.6 is 0 Å². The van der Waals surface area contributed by atoms with Crippen LogP contribution in [0.4, 0.5) is 26.3 Å². The first-order valence-electron chi connectivity index (χ1n) is 12.1. The second-order valence-corrected chi connectivity index (χ2v) is 9.60. The van der Waals surface area contributed by atoms with Crippen molar-refractivity contribution in [3.63, 3.8) is 0 Å². The molecule has 0 amide bonds. The summed E-state index contributed by atoms with van der Waals surface area (Å²) in [7, 11) is 0. The molecule has 0 bridgehead atoms. The zero-order chi connectivity index (χ0) is 28.4. The predicted molar refractivity (Wildman–Crippen MR) is 121 cm³/mol. The van der Waals surface area contributed by atoms with E-state index in [0.29, 0.717) is 11.3 Å². The van der Waals surface area contributed by atoms with Gasteiger partial charge >= 0.3 is 24.3 Å². The van der Waals surface area contributed by atoms with Crippen LogP contribution in [0.5, 0.6) is 0 Å². The summed E-state index contributed by atoms with van der Waals surface area (Å²) in [6.45, 7) is 7.15. The number of alkyl halides is 6. The number of ether oxygens (including phenoxy) is 2. The number of pyridine rings is 1. The number of aliphatic carboxylic acids is 2. The van der Waals surface area contributed by atoms with Crippen molar-refractivity contribution in [2.75, 3.05) is 39.5 Å². The molecule has 216 valence electrons. The number of carboxylic acids is 2. The molecule has 4 rings (SSSR count). The van der Waals surface area contributed by atoms with Crippen molar-refractivity contribution in [2.24, 2.45) is 17.3 Å². The van der Waals surface area contributed by atoms with E-state index in [2.05, 4.69) is 22.0 Å². The molecule has 38 heavy (non-hydrogen) atoms. The van der Waals surface area contributed by atoms with E-state index in [0.717, 1.165) is 38.9 Å². The Bertz CT molecular complexity index is 847. The Morgan fingerprint density at radius 3 is 1.97 bits per heavy atom. The largest absolute Gasteiger partial charge is 0.490 e. The molecule has 3 heterocycles. The Balaban J connectivity index is 0.000000301. The number of halogens is 6. The number of hydrogen-bond donors (Lipinski definition) is 2. The SMILES string of the molecule is O=C(O)C(F)(F)F.O=C(O)C(F)(F)F.c1cc(CN2CCC3(CCOCC3COCC3CC3)CC2)ccn1. The van der Waals surface area contributed by atoms with Gasteiger partial charge in [-0.2, -0.15) is 26.3 Å². The maximum Gasteiger partial charge on any atom is 0.490 e. The number of aromatic nitrogens is 1. The third kappa shape index (κ3) is 11.1. The molecule has 3 aliphatic rings. The lowest BCUT2D eigenvalue weighted by atomic mass is 9.66. The molecular formula is C24H32F6N2O6. The van der Waals surface area contributed by atoms with Crippen LogP contribution in [0.15, 0.2) is 24.5 Å². The predicted octanol–water partition coefficient (Wildman–Crippen LogP) is 4.39. The van der Waals surface area contributed by atoms with Crippen LogP contribution in [-0.4, -0.2) is 83.9 Å². The summed E-state index contributed by atoms with van der Waals surface area (Å²) in [5.74, 6) is -4.07. The van der Waals surface area contributed by atoms with Crippen molar-refractivity contribution >= 4 is 11.9 Å². The third-order valence-corrected chi connectivity index (χ3v) is 6.79. The Labute approximate surface area is 215 Å². The Morgan fingerprint density at radius 2 is 1.50 bits per heavy atom. The van der Waals surface area contributed by atoms with E-state index >= 15 is 0 Å². The van der Waals surface area contributed by atoms with Gasteiger partial charge in [-0.1, -0.05) is 0 Å². The van der Waals surface area contributed by atoms with Gasteiger partial charge in [-0.15, -0.1) is 0 Å². The van der Waals surface area contributed by atoms with Crippen molar-refractivity contribution in [2.45, 2.75) is 51.0 Å². The van der Waals surface area contributed by atoms with E-state index in [1.807, 2.05) is 12.4 Å². The number of nitrogens with zero attached hydrogens (tertiary/aromatic N) is 2. The molecule has 2 N–H and O–H groups in total. The smallest absolute Gasteiger partial charge is 0.475 e. The molecule has 1 aromatic rings. The van der Waals surface area contributed by atoms with Gasteiger partial charge in [-0.05, 0) is 74.2 Å². The number of carboxylic acid groups (broad SMARTS) is 2. The first-order valence-corrected chi connectivity index (χ1v) is 12.1. The van der Waals surface area contributed by atoms with Gasteiger partial charge in [-0.25, -0.2) is 9.59 Å². The normalized spacial score (nSPS) is 21.5. The fraction of sp³-hybridized carbons (Fsp3) is 0.708. The molecular weight excluding hydrogens is 526 g/mol. The summed E-state index contributed by atoms with van der Waals surface area (Å²) < 4.78 is 75.3. The standard InChI is InChI=1S/C20H30N2O2.2C2HF3O2/c1-2-18(1)14-24-16-19-15-23-12-7-20(19)5-10-22(11-6-20)13-17-3-8-21-9-4-17;2*3-2(4,5)1(6)7/h3-4,8-9,18-19H,1-2,5-7,10-16H2;2*(H,6,7). The molecule has 14 heteroatoms. The summed E-state index contributed by atoms with van der Waals surface area (Å²) in [6.07, 6.45) is 0.164. The van der Waals surface area contributed by atoms with E-state index in [9.17, 15) is 26.3 Å². The lowest BCUT2D eigenvalue weighted by Gasteiger charge is -2.49. The molecule has 1 saturated carbocycles. The molecule has 3 fully saturated rings. The monoisotopic (exact) mass is 558 g/mol. The van der Waals surface area contributed by atoms with Crippen molar-refractivity contribution in [3.05, 3.63) is 30.1 Å². The number of likely N-dealkylation sites (tertiary alicyclic amines) is 1. The summed E-state index contributed by atoms with van der Waals surface area (Å²) in [5.41, 5.74) is 1.83. The minimum absolute atomic E-state index is 0.455. The molecule has 1 aliphatic carbocycles. The molecule has 1 atom stereocenters. The molecule has 2 aliphatic heterocycles. The number of carbonyl (C=O) groups is 2. The Morgan fingerprint density at radius 1 is 0.974 bits per heavy atom. The van der Waals surface area contributed by atoms with Crippen LogP contribution in [0.1, 0.15) is 37.7 Å². The Hall–Kier alpha value is -2.45. The first kappa shape index (κ1) is 31.8. The summed E-state index contributed by atoms with van der Waals surface area (Å²) >= 11 is 0. The van der Waals surface area contributed by atoms with Crippen molar-refractivity contribution < 1.29 is 55.6 Å². The van der Waals surface area contributed by atoms with Crippen LogP contribution in [0, 0.1) is 17.3 Å². The number of hydrogen-bond acceptors (Lipinski definition) is 6. The van der Waals surface area contributed by atoms with E-state index < -0.39 is 24.3 Å². The molecule has 1 aromatic heterocycles. The average molecular weight is 559 g/mol. The van der Waals surface area contributed by atoms with Crippen LogP contribution in [0.3, 0.4) is 0 Å². The van der Waals surface area contributed by atoms with Crippen LogP contribution in [0.25, 0.3) is 0 Å². The van der Waals surface area contributed by atoms with Gasteiger partial charge in [0.25, 0.3) is 0 Å². The highest BCUT2D eigenvalue weighted by Crippen LogP contribution is 2.45. The van der Waals surface area contributed by atoms with Crippen LogP contribution < -0.4 is 0 Å². The maximum atomic E-state index is 10.6. The van der Waals surface area contributed by atoms with Crippen molar-refractivity contribution in [1.29, 1.82) is 0 Å². The topological polar surface area (TPSA) is 109 Å². The van der Waals surface area contributed by atoms with E-state index in [4.69, 9.17) is 29.3 Å². The molecule has 1 unspecified atom stereocenters. The molecule has 1 spiro atoms. The summed E-state index contributed by atoms with van der Waals surface area (Å²) in [4.78, 5) is 24.5. The van der Waals surface area contributed by atoms with Gasteiger partial charge in [-0.3, -0.25) is 9.88 Å². The van der Waals surface area contributed by atoms with Gasteiger partial charge in [0, 0.05) is 38.1 Å². The number of rotatable bonds is 6. The summed E-state index contributed by atoms with van der Waals surface area (Å²) in [6, 6.07) is 4.26. The third-order valence-electron chi connectivity index (χ3n) is 6.79. The highest BCUT2D eigenvalue weighted by molar-refractivity contribution is 5.73. The van der Waals surface area contributed by atoms with E-state index in [1.165, 1.54) is 50.8 Å². The zero-order valence-corrected chi connectivity index (χ0v) is 20.6. The van der Waals surface area contributed by atoms with Gasteiger partial charge in [0.1, 0.15) is 0 Å². The van der Waals surface area contributed by atoms with Crippen molar-refractivity contribution in [3.8, 4) is 0 Å². The van der Waals surface area contributed by atoms with Gasteiger partial charge < -0.3 is 19.7 Å². The molecule has 0 aromatic carbocycles. The summed E-state index contributed by atoms with van der Waals surface area (Å²) in [5, 5.41) is 14.2. The van der Waals surface area contributed by atoms with E-state index in [1.54, 1.807) is 0 Å². The highest BCUT2D eigenvalue weighted by Gasteiger charge is 2.43. The van der Waals surface area contributed by atoms with Gasteiger partial charge in [0.2, 0.25) is 0 Å². The van der Waals surface area contributed by atoms with Crippen LogP contribution in [0.2, 0.25) is 0 Å². The lowest BCUT2D eigenvalue weighted by molar-refractivity contribution is -0.193. The quantitative estimate of drug-likeness (QED) is 0.495. The fourth-order valence-corrected chi connectivity index (χ4v) is 4.33. The fourth-order valence-electron chi connectivity index (χ4n) is 4.33. The molecule has 0 radical (unpaired) electrons. The lowest BCUT2D eigenvalue weighted by Crippen LogP contribution is -2.49. The molecule has 8 nitrogen and oxygen atoms in total. The minimum Gasteiger partial charge on any atom is -0.475 e. The second-order valence-electron chi connectivity index (χ2n) is 9.60. The Kier molecular flexibility index (Phi) is 11.8. The zero-order valence-electron chi connectivity index (χ0n) is 20.6. The number of piperidine rings is 1. The second kappa shape index (κ2) is 14.1. The minimum atomic E-state index is -5.08. The van der Waals surface area contributed by atoms with Gasteiger partial charge in [0.15, 0.2) is 0 Å². The van der Waals surface area contributed by atoms with E-state index in [-0.39, 0.29) is 0 Å². The van der Waals surface area contributed by atoms with Gasteiger partial charge in [0.05, 0.1) is 13.2 Å².